The van der Waals surface area contributed by atoms with Crippen molar-refractivity contribution in [3.8, 4) is 0 Å². The molecule has 0 aromatic carbocycles. The molecule has 2 rings (SSSR count). The lowest BCUT2D eigenvalue weighted by molar-refractivity contribution is 0.495. The molecule has 0 spiro atoms. The summed E-state index contributed by atoms with van der Waals surface area (Å²) in [4.78, 5) is 0. The lowest BCUT2D eigenvalue weighted by atomic mass is 10.0. The summed E-state index contributed by atoms with van der Waals surface area (Å²) < 4.78 is 0. The molecule has 3 heteroatoms. The van der Waals surface area contributed by atoms with Crippen molar-refractivity contribution in [3.05, 3.63) is 0 Å². The van der Waals surface area contributed by atoms with E-state index in [1.165, 1.54) is 11.1 Å². The summed E-state index contributed by atoms with van der Waals surface area (Å²) in [6.07, 6.45) is 16.2. The first kappa shape index (κ1) is 13.1. The number of rotatable bonds is 4. The molecule has 0 aromatic rings. The maximum atomic E-state index is 2.67. The van der Waals surface area contributed by atoms with Gasteiger partial charge in [-0.1, -0.05) is 81.8 Å². The first-order valence-corrected chi connectivity index (χ1v) is 17.3. The van der Waals surface area contributed by atoms with E-state index in [1.54, 1.807) is 64.2 Å². The van der Waals surface area contributed by atoms with Crippen LogP contribution in [0.1, 0.15) is 64.2 Å². The van der Waals surface area contributed by atoms with Crippen LogP contribution in [0.5, 0.6) is 0 Å². The first-order chi connectivity index (χ1) is 7.90. The van der Waals surface area contributed by atoms with E-state index in [2.05, 4.69) is 6.55 Å². The third-order valence-electron chi connectivity index (χ3n) is 5.20. The van der Waals surface area contributed by atoms with Crippen LogP contribution in [-0.4, -0.2) is 25.9 Å². The lowest BCUT2D eigenvalue weighted by Gasteiger charge is -2.32. The zero-order valence-corrected chi connectivity index (χ0v) is 15.2. The zero-order chi connectivity index (χ0) is 11.2. The van der Waals surface area contributed by atoms with Crippen molar-refractivity contribution in [1.82, 2.24) is 0 Å². The normalized spacial score (nSPS) is 28.3. The SMILES string of the molecule is C[SiH2][SiH]([SiH2]C1CCCCC1)C1CCCCC1. The molecule has 2 fully saturated rings. The largest absolute Gasteiger partial charge is 0.0771 e. The minimum Gasteiger partial charge on any atom is -0.0771 e. The monoisotopic (exact) mass is 270 g/mol. The fourth-order valence-corrected chi connectivity index (χ4v) is 27.1. The van der Waals surface area contributed by atoms with Gasteiger partial charge in [0.05, 0.1) is 0 Å². The van der Waals surface area contributed by atoms with E-state index in [-0.39, 0.29) is 7.83 Å². The van der Waals surface area contributed by atoms with Gasteiger partial charge in [-0.2, -0.15) is 0 Å². The second-order valence-electron chi connectivity index (χ2n) is 6.31. The van der Waals surface area contributed by atoms with Crippen molar-refractivity contribution in [3.63, 3.8) is 0 Å². The van der Waals surface area contributed by atoms with E-state index < -0.39 is 0 Å². The predicted molar refractivity (Wildman–Crippen MR) is 83.8 cm³/mol. The standard InChI is InChI=1S/C13H30Si3/c1-14-16(13-10-6-3-7-11-13)15-12-8-4-2-5-9-12/h12-13,16H,2-11,14-15H2,1H3. The van der Waals surface area contributed by atoms with Crippen LogP contribution in [0.25, 0.3) is 0 Å². The van der Waals surface area contributed by atoms with Gasteiger partial charge < -0.3 is 0 Å². The Morgan fingerprint density at radius 1 is 0.812 bits per heavy atom. The molecule has 2 saturated carbocycles. The fraction of sp³-hybridized carbons (Fsp3) is 1.00. The highest BCUT2D eigenvalue weighted by molar-refractivity contribution is 7.40. The van der Waals surface area contributed by atoms with E-state index >= 15 is 0 Å². The maximum Gasteiger partial charge on any atom is 0.0166 e. The van der Waals surface area contributed by atoms with E-state index in [0.29, 0.717) is 18.1 Å². The summed E-state index contributed by atoms with van der Waals surface area (Å²) in [5, 5.41) is 0. The molecule has 2 aliphatic carbocycles. The third-order valence-corrected chi connectivity index (χ3v) is 29.5. The molecule has 0 amide bonds. The molecular weight excluding hydrogens is 240 g/mol. The predicted octanol–water partition coefficient (Wildman–Crippen LogP) is 2.68. The van der Waals surface area contributed by atoms with Crippen LogP contribution in [0.2, 0.25) is 17.6 Å². The fourth-order valence-electron chi connectivity index (χ4n) is 4.15. The van der Waals surface area contributed by atoms with Crippen LogP contribution in [-0.2, 0) is 0 Å². The Hall–Kier alpha value is 0.651. The van der Waals surface area contributed by atoms with Crippen molar-refractivity contribution in [2.24, 2.45) is 0 Å². The molecule has 1 unspecified atom stereocenters. The van der Waals surface area contributed by atoms with Gasteiger partial charge in [0.15, 0.2) is 0 Å². The average Bonchev–Trinajstić information content (AvgIpc) is 2.38. The van der Waals surface area contributed by atoms with Crippen molar-refractivity contribution < 1.29 is 0 Å². The summed E-state index contributed by atoms with van der Waals surface area (Å²) in [6.45, 7) is 2.67. The van der Waals surface area contributed by atoms with E-state index in [4.69, 9.17) is 0 Å². The second-order valence-corrected chi connectivity index (χ2v) is 24.8. The minimum absolute atomic E-state index is 0.0898. The summed E-state index contributed by atoms with van der Waals surface area (Å²) >= 11 is 0. The molecular formula is C13H30Si3. The molecule has 0 saturated heterocycles. The van der Waals surface area contributed by atoms with Gasteiger partial charge in [-0.05, 0) is 0 Å². The molecule has 0 bridgehead atoms. The molecule has 16 heavy (non-hydrogen) atoms. The summed E-state index contributed by atoms with van der Waals surface area (Å²) in [7, 11) is 0.784. The van der Waals surface area contributed by atoms with E-state index in [0.717, 1.165) is 0 Å². The van der Waals surface area contributed by atoms with Gasteiger partial charge in [-0.3, -0.25) is 0 Å². The quantitative estimate of drug-likeness (QED) is 0.689. The van der Waals surface area contributed by atoms with Gasteiger partial charge in [0.2, 0.25) is 0 Å². The van der Waals surface area contributed by atoms with E-state index in [1.807, 2.05) is 0 Å². The molecule has 0 aromatic heterocycles. The molecule has 94 valence electrons. The molecule has 0 radical (unpaired) electrons. The Labute approximate surface area is 108 Å². The van der Waals surface area contributed by atoms with Crippen LogP contribution >= 0.6 is 0 Å². The summed E-state index contributed by atoms with van der Waals surface area (Å²) in [6, 6.07) is 0. The third kappa shape index (κ3) is 3.84. The molecule has 0 heterocycles. The Kier molecular flexibility index (Phi) is 5.86. The molecule has 0 nitrogen and oxygen atoms in total. The van der Waals surface area contributed by atoms with E-state index in [9.17, 15) is 0 Å². The maximum absolute atomic E-state index is 2.67. The van der Waals surface area contributed by atoms with Crippen LogP contribution < -0.4 is 0 Å². The zero-order valence-electron chi connectivity index (χ0n) is 11.2. The van der Waals surface area contributed by atoms with Gasteiger partial charge in [-0.15, -0.1) is 0 Å². The van der Waals surface area contributed by atoms with Gasteiger partial charge in [-0.25, -0.2) is 0 Å². The topological polar surface area (TPSA) is 0 Å². The summed E-state index contributed by atoms with van der Waals surface area (Å²) in [5.41, 5.74) is 2.69. The average molecular weight is 271 g/mol. The Morgan fingerprint density at radius 3 is 1.94 bits per heavy atom. The molecule has 1 atom stereocenters. The van der Waals surface area contributed by atoms with Gasteiger partial charge in [0, 0.05) is 25.9 Å². The van der Waals surface area contributed by atoms with Gasteiger partial charge in [0.25, 0.3) is 0 Å². The number of hydrogen-bond acceptors (Lipinski definition) is 0. The highest BCUT2D eigenvalue weighted by Crippen LogP contribution is 2.34. The second kappa shape index (κ2) is 7.17. The van der Waals surface area contributed by atoms with Gasteiger partial charge in [0.1, 0.15) is 0 Å². The number of hydrogen-bond donors (Lipinski definition) is 0. The summed E-state index contributed by atoms with van der Waals surface area (Å²) in [5.74, 6) is 0. The minimum atomic E-state index is -0.0898. The van der Waals surface area contributed by atoms with Crippen molar-refractivity contribution >= 4 is 25.9 Å². The van der Waals surface area contributed by atoms with Crippen LogP contribution in [0.15, 0.2) is 0 Å². The first-order valence-electron chi connectivity index (χ1n) is 7.90. The molecule has 0 N–H and O–H groups in total. The Balaban J connectivity index is 1.78. The van der Waals surface area contributed by atoms with Gasteiger partial charge >= 0.3 is 0 Å². The smallest absolute Gasteiger partial charge is 0.0166 e. The highest BCUT2D eigenvalue weighted by Gasteiger charge is 2.27. The van der Waals surface area contributed by atoms with Crippen molar-refractivity contribution in [2.75, 3.05) is 0 Å². The Morgan fingerprint density at radius 2 is 1.38 bits per heavy atom. The van der Waals surface area contributed by atoms with Crippen LogP contribution in [0.3, 0.4) is 0 Å². The molecule has 2 aliphatic rings. The van der Waals surface area contributed by atoms with Crippen molar-refractivity contribution in [1.29, 1.82) is 0 Å². The molecule has 0 aliphatic heterocycles. The lowest BCUT2D eigenvalue weighted by Crippen LogP contribution is -2.38. The van der Waals surface area contributed by atoms with Crippen LogP contribution in [0, 0.1) is 0 Å². The highest BCUT2D eigenvalue weighted by atomic mass is 29.6. The Bertz CT molecular complexity index is 184. The van der Waals surface area contributed by atoms with Crippen molar-refractivity contribution in [2.45, 2.75) is 81.8 Å². The van der Waals surface area contributed by atoms with Crippen LogP contribution in [0.4, 0.5) is 0 Å².